The lowest BCUT2D eigenvalue weighted by atomic mass is 9.98. The Morgan fingerprint density at radius 3 is 2.73 bits per heavy atom. The summed E-state index contributed by atoms with van der Waals surface area (Å²) in [7, 11) is 0. The van der Waals surface area contributed by atoms with E-state index in [0.29, 0.717) is 12.5 Å². The van der Waals surface area contributed by atoms with E-state index in [4.69, 9.17) is 4.74 Å². The van der Waals surface area contributed by atoms with Crippen molar-refractivity contribution in [1.29, 1.82) is 0 Å². The highest BCUT2D eigenvalue weighted by Gasteiger charge is 2.09. The molecule has 3 heteroatoms. The minimum atomic E-state index is 0.519. The van der Waals surface area contributed by atoms with Crippen LogP contribution in [-0.4, -0.2) is 16.2 Å². The van der Waals surface area contributed by atoms with Crippen LogP contribution >= 0.6 is 0 Å². The van der Waals surface area contributed by atoms with Gasteiger partial charge >= 0.3 is 0 Å². The number of benzene rings is 2. The molecule has 1 atom stereocenters. The largest absolute Gasteiger partial charge is 0.491 e. The molecular formula is C19H22N2O. The van der Waals surface area contributed by atoms with Crippen molar-refractivity contribution in [1.82, 2.24) is 9.55 Å². The molecule has 0 bridgehead atoms. The van der Waals surface area contributed by atoms with E-state index in [0.717, 1.165) is 29.7 Å². The molecule has 0 amide bonds. The van der Waals surface area contributed by atoms with Gasteiger partial charge in [0.05, 0.1) is 23.9 Å². The van der Waals surface area contributed by atoms with Crippen molar-refractivity contribution in [2.45, 2.75) is 32.7 Å². The summed E-state index contributed by atoms with van der Waals surface area (Å²) < 4.78 is 8.17. The van der Waals surface area contributed by atoms with E-state index in [9.17, 15) is 0 Å². The number of ether oxygens (including phenoxy) is 1. The molecule has 2 aromatic carbocycles. The molecule has 0 saturated heterocycles. The number of hydrogen-bond donors (Lipinski definition) is 0. The monoisotopic (exact) mass is 294 g/mol. The first kappa shape index (κ1) is 14.6. The normalized spacial score (nSPS) is 12.5. The van der Waals surface area contributed by atoms with Gasteiger partial charge in [-0.25, -0.2) is 4.98 Å². The second-order valence-electron chi connectivity index (χ2n) is 5.62. The van der Waals surface area contributed by atoms with Gasteiger partial charge in [-0.15, -0.1) is 0 Å². The summed E-state index contributed by atoms with van der Waals surface area (Å²) >= 11 is 0. The zero-order valence-corrected chi connectivity index (χ0v) is 13.2. The topological polar surface area (TPSA) is 27.1 Å². The number of para-hydroxylation sites is 3. The van der Waals surface area contributed by atoms with E-state index in [1.807, 2.05) is 30.6 Å². The van der Waals surface area contributed by atoms with Crippen LogP contribution in [0.3, 0.4) is 0 Å². The molecule has 0 aliphatic rings. The molecular weight excluding hydrogens is 272 g/mol. The lowest BCUT2D eigenvalue weighted by molar-refractivity contribution is 0.295. The molecule has 3 rings (SSSR count). The molecule has 0 fully saturated rings. The summed E-state index contributed by atoms with van der Waals surface area (Å²) in [5.74, 6) is 1.52. The molecule has 22 heavy (non-hydrogen) atoms. The standard InChI is InChI=1S/C19H22N2O/c1-3-15(2)16-8-4-7-11-19(16)22-13-12-21-14-20-17-9-5-6-10-18(17)21/h4-11,14-15H,3,12-13H2,1-2H3/t15-/m0/s1. The number of fused-ring (bicyclic) bond motifs is 1. The number of hydrogen-bond acceptors (Lipinski definition) is 2. The fourth-order valence-corrected chi connectivity index (χ4v) is 2.68. The van der Waals surface area contributed by atoms with Gasteiger partial charge in [-0.05, 0) is 36.1 Å². The van der Waals surface area contributed by atoms with E-state index >= 15 is 0 Å². The highest BCUT2D eigenvalue weighted by molar-refractivity contribution is 5.74. The number of imidazole rings is 1. The highest BCUT2D eigenvalue weighted by Crippen LogP contribution is 2.28. The Balaban J connectivity index is 1.69. The third-order valence-corrected chi connectivity index (χ3v) is 4.18. The van der Waals surface area contributed by atoms with Gasteiger partial charge in [-0.1, -0.05) is 44.2 Å². The van der Waals surface area contributed by atoms with Gasteiger partial charge in [0.15, 0.2) is 0 Å². The van der Waals surface area contributed by atoms with Crippen LogP contribution in [0.15, 0.2) is 54.9 Å². The molecule has 1 heterocycles. The van der Waals surface area contributed by atoms with Crippen molar-refractivity contribution in [3.63, 3.8) is 0 Å². The summed E-state index contributed by atoms with van der Waals surface area (Å²) in [5, 5.41) is 0. The van der Waals surface area contributed by atoms with E-state index in [-0.39, 0.29) is 0 Å². The Morgan fingerprint density at radius 2 is 1.86 bits per heavy atom. The summed E-state index contributed by atoms with van der Waals surface area (Å²) in [4.78, 5) is 4.41. The Morgan fingerprint density at radius 1 is 1.09 bits per heavy atom. The Labute approximate surface area is 131 Å². The fraction of sp³-hybridized carbons (Fsp3) is 0.316. The van der Waals surface area contributed by atoms with E-state index in [1.165, 1.54) is 5.56 Å². The van der Waals surface area contributed by atoms with Gasteiger partial charge in [0.1, 0.15) is 12.4 Å². The molecule has 0 radical (unpaired) electrons. The Bertz CT molecular complexity index is 748. The van der Waals surface area contributed by atoms with Crippen LogP contribution in [-0.2, 0) is 6.54 Å². The smallest absolute Gasteiger partial charge is 0.122 e. The lowest BCUT2D eigenvalue weighted by Crippen LogP contribution is -2.09. The maximum Gasteiger partial charge on any atom is 0.122 e. The predicted octanol–water partition coefficient (Wildman–Crippen LogP) is 4.63. The van der Waals surface area contributed by atoms with Crippen LogP contribution in [0.4, 0.5) is 0 Å². The van der Waals surface area contributed by atoms with Crippen LogP contribution in [0.5, 0.6) is 5.75 Å². The van der Waals surface area contributed by atoms with Crippen LogP contribution in [0.25, 0.3) is 11.0 Å². The SMILES string of the molecule is CC[C@H](C)c1ccccc1OCCn1cnc2ccccc21. The maximum absolute atomic E-state index is 6.03. The summed E-state index contributed by atoms with van der Waals surface area (Å²) in [6, 6.07) is 16.5. The van der Waals surface area contributed by atoms with Crippen molar-refractivity contribution >= 4 is 11.0 Å². The van der Waals surface area contributed by atoms with Crippen molar-refractivity contribution < 1.29 is 4.74 Å². The van der Waals surface area contributed by atoms with E-state index in [1.54, 1.807) is 0 Å². The zero-order chi connectivity index (χ0) is 15.4. The van der Waals surface area contributed by atoms with Crippen molar-refractivity contribution in [2.75, 3.05) is 6.61 Å². The minimum absolute atomic E-state index is 0.519. The van der Waals surface area contributed by atoms with Crippen LogP contribution in [0.1, 0.15) is 31.7 Å². The fourth-order valence-electron chi connectivity index (χ4n) is 2.68. The van der Waals surface area contributed by atoms with E-state index < -0.39 is 0 Å². The molecule has 114 valence electrons. The van der Waals surface area contributed by atoms with Crippen molar-refractivity contribution in [2.24, 2.45) is 0 Å². The first-order chi connectivity index (χ1) is 10.8. The van der Waals surface area contributed by atoms with Gasteiger partial charge in [0.25, 0.3) is 0 Å². The molecule has 1 aromatic heterocycles. The zero-order valence-electron chi connectivity index (χ0n) is 13.2. The van der Waals surface area contributed by atoms with Crippen LogP contribution < -0.4 is 4.74 Å². The summed E-state index contributed by atoms with van der Waals surface area (Å²) in [6.45, 7) is 5.90. The predicted molar refractivity (Wildman–Crippen MR) is 90.4 cm³/mol. The first-order valence-corrected chi connectivity index (χ1v) is 7.91. The minimum Gasteiger partial charge on any atom is -0.491 e. The average molecular weight is 294 g/mol. The van der Waals surface area contributed by atoms with Crippen molar-refractivity contribution in [3.8, 4) is 5.75 Å². The Kier molecular flexibility index (Phi) is 4.42. The number of aromatic nitrogens is 2. The molecule has 0 N–H and O–H groups in total. The molecule has 0 aliphatic heterocycles. The molecule has 3 aromatic rings. The second kappa shape index (κ2) is 6.65. The number of nitrogens with zero attached hydrogens (tertiary/aromatic N) is 2. The highest BCUT2D eigenvalue weighted by atomic mass is 16.5. The molecule has 0 aliphatic carbocycles. The summed E-state index contributed by atoms with van der Waals surface area (Å²) in [5.41, 5.74) is 3.48. The first-order valence-electron chi connectivity index (χ1n) is 7.91. The molecule has 0 unspecified atom stereocenters. The van der Waals surface area contributed by atoms with Crippen LogP contribution in [0.2, 0.25) is 0 Å². The lowest BCUT2D eigenvalue weighted by Gasteiger charge is -2.16. The molecule has 0 spiro atoms. The quantitative estimate of drug-likeness (QED) is 0.663. The van der Waals surface area contributed by atoms with Gasteiger partial charge in [-0.3, -0.25) is 0 Å². The summed E-state index contributed by atoms with van der Waals surface area (Å²) in [6.07, 6.45) is 3.00. The van der Waals surface area contributed by atoms with E-state index in [2.05, 4.69) is 47.7 Å². The van der Waals surface area contributed by atoms with Gasteiger partial charge in [-0.2, -0.15) is 0 Å². The van der Waals surface area contributed by atoms with Gasteiger partial charge in [0, 0.05) is 0 Å². The average Bonchev–Trinajstić information content (AvgIpc) is 2.98. The Hall–Kier alpha value is -2.29. The van der Waals surface area contributed by atoms with Gasteiger partial charge in [0.2, 0.25) is 0 Å². The third kappa shape index (κ3) is 2.98. The molecule has 3 nitrogen and oxygen atoms in total. The van der Waals surface area contributed by atoms with Crippen LogP contribution in [0, 0.1) is 0 Å². The van der Waals surface area contributed by atoms with Gasteiger partial charge < -0.3 is 9.30 Å². The third-order valence-electron chi connectivity index (χ3n) is 4.18. The number of rotatable bonds is 6. The van der Waals surface area contributed by atoms with Crippen molar-refractivity contribution in [3.05, 3.63) is 60.4 Å². The second-order valence-corrected chi connectivity index (χ2v) is 5.62. The molecule has 0 saturated carbocycles. The maximum atomic E-state index is 6.03.